The Bertz CT molecular complexity index is 642. The first-order valence-corrected chi connectivity index (χ1v) is 8.34. The molecule has 124 valence electrons. The van der Waals surface area contributed by atoms with Gasteiger partial charge in [0.15, 0.2) is 0 Å². The van der Waals surface area contributed by atoms with E-state index in [1.807, 2.05) is 31.2 Å². The summed E-state index contributed by atoms with van der Waals surface area (Å²) in [5.41, 5.74) is 0.814. The van der Waals surface area contributed by atoms with Crippen LogP contribution in [0.4, 0.5) is 0 Å². The molecule has 1 atom stereocenters. The Morgan fingerprint density at radius 3 is 2.61 bits per heavy atom. The van der Waals surface area contributed by atoms with Crippen LogP contribution in [0, 0.1) is 5.92 Å². The van der Waals surface area contributed by atoms with Gasteiger partial charge in [0.1, 0.15) is 5.75 Å². The summed E-state index contributed by atoms with van der Waals surface area (Å²) in [6.07, 6.45) is 0. The molecule has 1 N–H and O–H groups in total. The average Bonchev–Trinajstić information content (AvgIpc) is 3.01. The molecule has 0 spiro atoms. The normalized spacial score (nSPS) is 12.2. The number of nitrogens with zero attached hydrogens (tertiary/aromatic N) is 4. The van der Waals surface area contributed by atoms with Crippen LogP contribution in [0.3, 0.4) is 0 Å². The summed E-state index contributed by atoms with van der Waals surface area (Å²) in [5.74, 6) is 1.40. The SMILES string of the molecule is COc1ccc(-n2nnnc2SCC(=O)NC(C)C(C)C)cc1. The van der Waals surface area contributed by atoms with E-state index in [2.05, 4.69) is 34.7 Å². The summed E-state index contributed by atoms with van der Waals surface area (Å²) in [7, 11) is 1.62. The minimum absolute atomic E-state index is 0.0273. The Labute approximate surface area is 139 Å². The largest absolute Gasteiger partial charge is 0.497 e. The molecule has 2 rings (SSSR count). The second-order valence-corrected chi connectivity index (χ2v) is 6.40. The molecule has 1 unspecified atom stereocenters. The molecule has 0 radical (unpaired) electrons. The van der Waals surface area contributed by atoms with Crippen LogP contribution in [0.5, 0.6) is 5.75 Å². The van der Waals surface area contributed by atoms with Gasteiger partial charge in [-0.25, -0.2) is 0 Å². The van der Waals surface area contributed by atoms with E-state index in [9.17, 15) is 4.79 Å². The van der Waals surface area contributed by atoms with Crippen molar-refractivity contribution >= 4 is 17.7 Å². The Kier molecular flexibility index (Phi) is 5.97. The van der Waals surface area contributed by atoms with Crippen molar-refractivity contribution in [2.75, 3.05) is 12.9 Å². The molecule has 0 fully saturated rings. The number of methoxy groups -OCH3 is 1. The van der Waals surface area contributed by atoms with Crippen LogP contribution >= 0.6 is 11.8 Å². The van der Waals surface area contributed by atoms with Gasteiger partial charge in [0.05, 0.1) is 18.6 Å². The summed E-state index contributed by atoms with van der Waals surface area (Å²) in [5, 5.41) is 15.2. The number of thioether (sulfide) groups is 1. The van der Waals surface area contributed by atoms with E-state index in [0.717, 1.165) is 11.4 Å². The molecule has 1 aromatic carbocycles. The molecule has 23 heavy (non-hydrogen) atoms. The molecular weight excluding hydrogens is 314 g/mol. The summed E-state index contributed by atoms with van der Waals surface area (Å²) in [6, 6.07) is 7.53. The number of tetrazole rings is 1. The lowest BCUT2D eigenvalue weighted by molar-refractivity contribution is -0.119. The number of nitrogens with one attached hydrogen (secondary N) is 1. The number of rotatable bonds is 7. The lowest BCUT2D eigenvalue weighted by atomic mass is 10.1. The van der Waals surface area contributed by atoms with E-state index >= 15 is 0 Å². The van der Waals surface area contributed by atoms with E-state index in [0.29, 0.717) is 11.1 Å². The zero-order chi connectivity index (χ0) is 16.8. The average molecular weight is 335 g/mol. The highest BCUT2D eigenvalue weighted by molar-refractivity contribution is 7.99. The van der Waals surface area contributed by atoms with E-state index < -0.39 is 0 Å². The zero-order valence-corrected chi connectivity index (χ0v) is 14.5. The smallest absolute Gasteiger partial charge is 0.230 e. The number of ether oxygens (including phenoxy) is 1. The Balaban J connectivity index is 1.99. The van der Waals surface area contributed by atoms with Crippen LogP contribution in [-0.4, -0.2) is 45.0 Å². The molecule has 8 heteroatoms. The van der Waals surface area contributed by atoms with Crippen molar-refractivity contribution in [1.82, 2.24) is 25.5 Å². The van der Waals surface area contributed by atoms with Crippen LogP contribution in [0.25, 0.3) is 5.69 Å². The molecule has 0 saturated carbocycles. The number of carbonyl (C=O) groups is 1. The van der Waals surface area contributed by atoms with Gasteiger partial charge in [-0.3, -0.25) is 4.79 Å². The molecule has 2 aromatic rings. The van der Waals surface area contributed by atoms with E-state index in [-0.39, 0.29) is 17.7 Å². The minimum Gasteiger partial charge on any atom is -0.497 e. The Morgan fingerprint density at radius 1 is 1.30 bits per heavy atom. The summed E-state index contributed by atoms with van der Waals surface area (Å²) >= 11 is 1.30. The molecule has 1 amide bonds. The van der Waals surface area contributed by atoms with Crippen LogP contribution in [-0.2, 0) is 4.79 Å². The van der Waals surface area contributed by atoms with Gasteiger partial charge in [0, 0.05) is 6.04 Å². The summed E-state index contributed by atoms with van der Waals surface area (Å²) in [6.45, 7) is 6.14. The minimum atomic E-state index is -0.0273. The van der Waals surface area contributed by atoms with Crippen LogP contribution in [0.1, 0.15) is 20.8 Å². The highest BCUT2D eigenvalue weighted by atomic mass is 32.2. The van der Waals surface area contributed by atoms with Gasteiger partial charge in [-0.05, 0) is 47.5 Å². The van der Waals surface area contributed by atoms with Crippen molar-refractivity contribution in [2.24, 2.45) is 5.92 Å². The van der Waals surface area contributed by atoms with Crippen molar-refractivity contribution in [3.63, 3.8) is 0 Å². The van der Waals surface area contributed by atoms with Gasteiger partial charge >= 0.3 is 0 Å². The molecule has 0 saturated heterocycles. The van der Waals surface area contributed by atoms with Crippen LogP contribution < -0.4 is 10.1 Å². The quantitative estimate of drug-likeness (QED) is 0.779. The first-order chi connectivity index (χ1) is 11.0. The van der Waals surface area contributed by atoms with E-state index in [1.54, 1.807) is 11.8 Å². The fourth-order valence-corrected chi connectivity index (χ4v) is 2.45. The van der Waals surface area contributed by atoms with Gasteiger partial charge in [-0.15, -0.1) is 5.10 Å². The molecule has 0 aliphatic heterocycles. The lowest BCUT2D eigenvalue weighted by Crippen LogP contribution is -2.37. The molecule has 0 aliphatic carbocycles. The van der Waals surface area contributed by atoms with Crippen molar-refractivity contribution in [2.45, 2.75) is 32.0 Å². The third-order valence-electron chi connectivity index (χ3n) is 3.48. The van der Waals surface area contributed by atoms with Crippen molar-refractivity contribution in [3.8, 4) is 11.4 Å². The summed E-state index contributed by atoms with van der Waals surface area (Å²) in [4.78, 5) is 12.0. The van der Waals surface area contributed by atoms with Gasteiger partial charge in [0.2, 0.25) is 11.1 Å². The number of aromatic nitrogens is 4. The third kappa shape index (κ3) is 4.69. The summed E-state index contributed by atoms with van der Waals surface area (Å²) < 4.78 is 6.73. The Morgan fingerprint density at radius 2 is 2.00 bits per heavy atom. The maximum atomic E-state index is 12.0. The van der Waals surface area contributed by atoms with Gasteiger partial charge in [-0.1, -0.05) is 25.6 Å². The molecule has 1 heterocycles. The fourth-order valence-electron chi connectivity index (χ4n) is 1.75. The van der Waals surface area contributed by atoms with Crippen LogP contribution in [0.2, 0.25) is 0 Å². The fraction of sp³-hybridized carbons (Fsp3) is 0.467. The second kappa shape index (κ2) is 7.96. The maximum absolute atomic E-state index is 12.0. The lowest BCUT2D eigenvalue weighted by Gasteiger charge is -2.17. The first kappa shape index (κ1) is 17.3. The number of amides is 1. The van der Waals surface area contributed by atoms with Crippen molar-refractivity contribution in [3.05, 3.63) is 24.3 Å². The second-order valence-electron chi connectivity index (χ2n) is 5.46. The van der Waals surface area contributed by atoms with Gasteiger partial charge in [-0.2, -0.15) is 4.68 Å². The Hall–Kier alpha value is -2.09. The molecule has 1 aromatic heterocycles. The predicted octanol–water partition coefficient (Wildman–Crippen LogP) is 1.92. The van der Waals surface area contributed by atoms with Crippen molar-refractivity contribution < 1.29 is 9.53 Å². The van der Waals surface area contributed by atoms with E-state index in [1.165, 1.54) is 11.8 Å². The number of hydrogen-bond donors (Lipinski definition) is 1. The molecular formula is C15H21N5O2S. The van der Waals surface area contributed by atoms with Crippen LogP contribution in [0.15, 0.2) is 29.4 Å². The topological polar surface area (TPSA) is 81.9 Å². The molecule has 7 nitrogen and oxygen atoms in total. The first-order valence-electron chi connectivity index (χ1n) is 7.36. The highest BCUT2D eigenvalue weighted by Crippen LogP contribution is 2.20. The maximum Gasteiger partial charge on any atom is 0.230 e. The standard InChI is InChI=1S/C15H21N5O2S/c1-10(2)11(3)16-14(21)9-23-15-17-18-19-20(15)12-5-7-13(22-4)8-6-12/h5-8,10-11H,9H2,1-4H3,(H,16,21). The van der Waals surface area contributed by atoms with E-state index in [4.69, 9.17) is 4.74 Å². The number of hydrogen-bond acceptors (Lipinski definition) is 6. The number of benzene rings is 1. The van der Waals surface area contributed by atoms with Crippen molar-refractivity contribution in [1.29, 1.82) is 0 Å². The molecule has 0 bridgehead atoms. The third-order valence-corrected chi connectivity index (χ3v) is 4.40. The monoisotopic (exact) mass is 335 g/mol. The number of carbonyl (C=O) groups excluding carboxylic acids is 1. The van der Waals surface area contributed by atoms with Gasteiger partial charge in [0.25, 0.3) is 0 Å². The molecule has 0 aliphatic rings. The highest BCUT2D eigenvalue weighted by Gasteiger charge is 2.14. The predicted molar refractivity (Wildman–Crippen MR) is 88.9 cm³/mol. The van der Waals surface area contributed by atoms with Gasteiger partial charge < -0.3 is 10.1 Å². The zero-order valence-electron chi connectivity index (χ0n) is 13.7.